The Balaban J connectivity index is 2.03. The molecular weight excluding hydrogens is 188 g/mol. The molecule has 0 spiro atoms. The third kappa shape index (κ3) is 2.81. The average molecular weight is 206 g/mol. The third-order valence-electron chi connectivity index (χ3n) is 2.80. The normalized spacial score (nSPS) is 18.3. The Morgan fingerprint density at radius 3 is 2.07 bits per heavy atom. The molecule has 1 aliphatic rings. The Kier molecular flexibility index (Phi) is 3.37. The summed E-state index contributed by atoms with van der Waals surface area (Å²) in [4.78, 5) is 10.8. The molecule has 0 radical (unpaired) electrons. The van der Waals surface area contributed by atoms with Crippen molar-refractivity contribution in [3.63, 3.8) is 0 Å². The molecule has 2 N–H and O–H groups in total. The van der Waals surface area contributed by atoms with E-state index >= 15 is 0 Å². The van der Waals surface area contributed by atoms with Crippen LogP contribution >= 0.6 is 0 Å². The number of nitrogens with zero attached hydrogens (tertiary/aromatic N) is 3. The predicted molar refractivity (Wildman–Crippen MR) is 61.7 cm³/mol. The third-order valence-corrected chi connectivity index (χ3v) is 2.80. The smallest absolute Gasteiger partial charge is 0.225 e. The maximum atomic E-state index is 5.57. The Morgan fingerprint density at radius 2 is 1.47 bits per heavy atom. The largest absolute Gasteiger partial charge is 0.396 e. The zero-order valence-electron chi connectivity index (χ0n) is 9.02. The molecule has 4 nitrogen and oxygen atoms in total. The van der Waals surface area contributed by atoms with E-state index in [9.17, 15) is 0 Å². The van der Waals surface area contributed by atoms with E-state index < -0.39 is 0 Å². The van der Waals surface area contributed by atoms with Crippen molar-refractivity contribution >= 4 is 11.6 Å². The number of rotatable bonds is 1. The Bertz CT molecular complexity index is 288. The summed E-state index contributed by atoms with van der Waals surface area (Å²) in [5.74, 6) is 0.825. The van der Waals surface area contributed by atoms with Crippen molar-refractivity contribution in [1.82, 2.24) is 9.97 Å². The standard InChI is InChI=1S/C11H18N4/c12-10-8-13-11(14-9-10)15-6-4-2-1-3-5-7-15/h8-9H,1-7,12H2. The molecule has 0 aromatic carbocycles. The summed E-state index contributed by atoms with van der Waals surface area (Å²) in [5, 5.41) is 0. The fourth-order valence-electron chi connectivity index (χ4n) is 1.94. The number of hydrogen-bond donors (Lipinski definition) is 1. The number of nitrogens with two attached hydrogens (primary N) is 1. The zero-order valence-corrected chi connectivity index (χ0v) is 9.02. The van der Waals surface area contributed by atoms with Crippen molar-refractivity contribution in [2.24, 2.45) is 0 Å². The molecule has 1 aliphatic heterocycles. The Morgan fingerprint density at radius 1 is 0.933 bits per heavy atom. The minimum absolute atomic E-state index is 0.630. The first kappa shape index (κ1) is 10.2. The van der Waals surface area contributed by atoms with Crippen molar-refractivity contribution in [2.75, 3.05) is 23.7 Å². The van der Waals surface area contributed by atoms with Crippen LogP contribution in [-0.2, 0) is 0 Å². The lowest BCUT2D eigenvalue weighted by atomic mass is 10.1. The summed E-state index contributed by atoms with van der Waals surface area (Å²) in [5.41, 5.74) is 6.20. The van der Waals surface area contributed by atoms with E-state index in [1.807, 2.05) is 0 Å². The van der Waals surface area contributed by atoms with E-state index in [0.29, 0.717) is 5.69 Å². The van der Waals surface area contributed by atoms with Gasteiger partial charge in [-0.3, -0.25) is 0 Å². The molecule has 0 amide bonds. The molecule has 1 aromatic rings. The van der Waals surface area contributed by atoms with Crippen LogP contribution in [0.1, 0.15) is 32.1 Å². The lowest BCUT2D eigenvalue weighted by molar-refractivity contribution is 0.550. The van der Waals surface area contributed by atoms with E-state index in [4.69, 9.17) is 5.73 Å². The first-order valence-electron chi connectivity index (χ1n) is 5.69. The van der Waals surface area contributed by atoms with Gasteiger partial charge in [-0.2, -0.15) is 0 Å². The highest BCUT2D eigenvalue weighted by molar-refractivity contribution is 5.37. The van der Waals surface area contributed by atoms with Crippen LogP contribution in [0, 0.1) is 0 Å². The molecule has 2 rings (SSSR count). The van der Waals surface area contributed by atoms with Gasteiger partial charge in [-0.05, 0) is 12.8 Å². The summed E-state index contributed by atoms with van der Waals surface area (Å²) in [6.45, 7) is 2.15. The van der Waals surface area contributed by atoms with Crippen molar-refractivity contribution in [1.29, 1.82) is 0 Å². The summed E-state index contributed by atoms with van der Waals surface area (Å²) >= 11 is 0. The highest BCUT2D eigenvalue weighted by Gasteiger charge is 2.10. The van der Waals surface area contributed by atoms with Crippen LogP contribution in [0.3, 0.4) is 0 Å². The molecule has 0 saturated carbocycles. The van der Waals surface area contributed by atoms with E-state index in [-0.39, 0.29) is 0 Å². The van der Waals surface area contributed by atoms with Crippen LogP contribution in [0.4, 0.5) is 11.6 Å². The van der Waals surface area contributed by atoms with Crippen molar-refractivity contribution in [3.8, 4) is 0 Å². The Labute approximate surface area is 90.5 Å². The second kappa shape index (κ2) is 4.96. The van der Waals surface area contributed by atoms with Gasteiger partial charge in [0.2, 0.25) is 5.95 Å². The first-order chi connectivity index (χ1) is 7.36. The minimum atomic E-state index is 0.630. The molecule has 0 atom stereocenters. The summed E-state index contributed by atoms with van der Waals surface area (Å²) in [6, 6.07) is 0. The molecule has 0 bridgehead atoms. The average Bonchev–Trinajstić information content (AvgIpc) is 2.19. The molecular formula is C11H18N4. The van der Waals surface area contributed by atoms with Crippen LogP contribution < -0.4 is 10.6 Å². The SMILES string of the molecule is Nc1cnc(N2CCCCCCC2)nc1. The van der Waals surface area contributed by atoms with Gasteiger partial charge >= 0.3 is 0 Å². The number of anilines is 2. The molecule has 0 aliphatic carbocycles. The topological polar surface area (TPSA) is 55.0 Å². The van der Waals surface area contributed by atoms with Gasteiger partial charge in [-0.15, -0.1) is 0 Å². The van der Waals surface area contributed by atoms with Crippen LogP contribution in [0.25, 0.3) is 0 Å². The molecule has 82 valence electrons. The van der Waals surface area contributed by atoms with Crippen LogP contribution in [0.15, 0.2) is 12.4 Å². The molecule has 2 heterocycles. The fraction of sp³-hybridized carbons (Fsp3) is 0.636. The maximum Gasteiger partial charge on any atom is 0.225 e. The summed E-state index contributed by atoms with van der Waals surface area (Å²) in [7, 11) is 0. The van der Waals surface area contributed by atoms with Crippen LogP contribution in [-0.4, -0.2) is 23.1 Å². The minimum Gasteiger partial charge on any atom is -0.396 e. The molecule has 4 heteroatoms. The first-order valence-corrected chi connectivity index (χ1v) is 5.69. The van der Waals surface area contributed by atoms with Crippen molar-refractivity contribution in [3.05, 3.63) is 12.4 Å². The van der Waals surface area contributed by atoms with Gasteiger partial charge in [0.25, 0.3) is 0 Å². The monoisotopic (exact) mass is 206 g/mol. The van der Waals surface area contributed by atoms with Gasteiger partial charge in [-0.25, -0.2) is 9.97 Å². The summed E-state index contributed by atoms with van der Waals surface area (Å²) < 4.78 is 0. The second-order valence-corrected chi connectivity index (χ2v) is 4.07. The van der Waals surface area contributed by atoms with E-state index in [0.717, 1.165) is 19.0 Å². The Hall–Kier alpha value is -1.32. The highest BCUT2D eigenvalue weighted by atomic mass is 15.2. The van der Waals surface area contributed by atoms with Crippen molar-refractivity contribution < 1.29 is 0 Å². The molecule has 1 aromatic heterocycles. The van der Waals surface area contributed by atoms with E-state index in [1.165, 1.54) is 32.1 Å². The van der Waals surface area contributed by atoms with Gasteiger partial charge in [0, 0.05) is 13.1 Å². The molecule has 1 saturated heterocycles. The maximum absolute atomic E-state index is 5.57. The highest BCUT2D eigenvalue weighted by Crippen LogP contribution is 2.15. The van der Waals surface area contributed by atoms with Gasteiger partial charge < -0.3 is 10.6 Å². The predicted octanol–water partition coefficient (Wildman–Crippen LogP) is 1.83. The van der Waals surface area contributed by atoms with Crippen molar-refractivity contribution in [2.45, 2.75) is 32.1 Å². The van der Waals surface area contributed by atoms with Gasteiger partial charge in [0.1, 0.15) is 0 Å². The van der Waals surface area contributed by atoms with E-state index in [1.54, 1.807) is 12.4 Å². The zero-order chi connectivity index (χ0) is 10.5. The quantitative estimate of drug-likeness (QED) is 0.761. The molecule has 15 heavy (non-hydrogen) atoms. The van der Waals surface area contributed by atoms with Gasteiger partial charge in [-0.1, -0.05) is 19.3 Å². The van der Waals surface area contributed by atoms with Gasteiger partial charge in [0.15, 0.2) is 0 Å². The van der Waals surface area contributed by atoms with E-state index in [2.05, 4.69) is 14.9 Å². The fourth-order valence-corrected chi connectivity index (χ4v) is 1.94. The molecule has 1 fully saturated rings. The van der Waals surface area contributed by atoms with Crippen LogP contribution in [0.5, 0.6) is 0 Å². The lowest BCUT2D eigenvalue weighted by Gasteiger charge is -2.24. The van der Waals surface area contributed by atoms with Crippen LogP contribution in [0.2, 0.25) is 0 Å². The summed E-state index contributed by atoms with van der Waals surface area (Å²) in [6.07, 6.45) is 9.87. The van der Waals surface area contributed by atoms with Gasteiger partial charge in [0.05, 0.1) is 18.1 Å². The number of hydrogen-bond acceptors (Lipinski definition) is 4. The number of aromatic nitrogens is 2. The lowest BCUT2D eigenvalue weighted by Crippen LogP contribution is -2.28. The number of nitrogen functional groups attached to an aromatic ring is 1. The molecule has 0 unspecified atom stereocenters. The second-order valence-electron chi connectivity index (χ2n) is 4.07.